The number of fused-ring (bicyclic) bond motifs is 1. The van der Waals surface area contributed by atoms with Crippen molar-refractivity contribution >= 4 is 34.1 Å². The van der Waals surface area contributed by atoms with Crippen LogP contribution in [0.3, 0.4) is 0 Å². The summed E-state index contributed by atoms with van der Waals surface area (Å²) in [7, 11) is 0. The lowest BCUT2D eigenvalue weighted by atomic mass is 10.2. The van der Waals surface area contributed by atoms with Crippen LogP contribution in [-0.4, -0.2) is 64.9 Å². The van der Waals surface area contributed by atoms with Gasteiger partial charge in [0.1, 0.15) is 17.4 Å². The minimum atomic E-state index is -0.158. The largest absolute Gasteiger partial charge is 0.484 e. The van der Waals surface area contributed by atoms with Gasteiger partial charge in [0.05, 0.1) is 11.7 Å². The number of aromatic nitrogens is 4. The van der Waals surface area contributed by atoms with Crippen LogP contribution in [0.1, 0.15) is 20.3 Å². The molecule has 2 aromatic carbocycles. The second kappa shape index (κ2) is 11.3. The van der Waals surface area contributed by atoms with Gasteiger partial charge in [-0.05, 0) is 57.1 Å². The highest BCUT2D eigenvalue weighted by molar-refractivity contribution is 5.83. The van der Waals surface area contributed by atoms with E-state index in [9.17, 15) is 4.79 Å². The van der Waals surface area contributed by atoms with Crippen molar-refractivity contribution in [3.63, 3.8) is 0 Å². The van der Waals surface area contributed by atoms with Crippen molar-refractivity contribution in [3.05, 3.63) is 54.7 Å². The maximum atomic E-state index is 12.0. The standard InChI is InChI=1S/C27H32N8O2/c1-18(2)30-26(36)17-37-22-6-3-5-19(14-22)27-32-24(15-25(33-27)35-11-4-9-28-10-12-35)31-21-7-8-23-20(13-21)16-29-34-23/h3,5-8,13-16,18,28H,4,9-12,17H2,1-2H3,(H,29,34)(H,30,36)(H,31,32,33). The molecule has 1 aliphatic rings. The van der Waals surface area contributed by atoms with Crippen LogP contribution in [0.2, 0.25) is 0 Å². The Bertz CT molecular complexity index is 1360. The lowest BCUT2D eigenvalue weighted by Gasteiger charge is -2.22. The van der Waals surface area contributed by atoms with E-state index < -0.39 is 0 Å². The van der Waals surface area contributed by atoms with E-state index in [-0.39, 0.29) is 18.6 Å². The number of anilines is 3. The first-order valence-corrected chi connectivity index (χ1v) is 12.6. The molecule has 4 aromatic rings. The monoisotopic (exact) mass is 500 g/mol. The highest BCUT2D eigenvalue weighted by Gasteiger charge is 2.16. The fraction of sp³-hybridized carbons (Fsp3) is 0.333. The number of ether oxygens (including phenoxy) is 1. The molecule has 2 aromatic heterocycles. The van der Waals surface area contributed by atoms with E-state index in [1.54, 1.807) is 6.20 Å². The first-order valence-electron chi connectivity index (χ1n) is 12.6. The molecular weight excluding hydrogens is 468 g/mol. The minimum absolute atomic E-state index is 0.0490. The van der Waals surface area contributed by atoms with Crippen molar-refractivity contribution in [2.75, 3.05) is 43.0 Å². The number of rotatable bonds is 8. The molecule has 37 heavy (non-hydrogen) atoms. The third kappa shape index (κ3) is 6.34. The quantitative estimate of drug-likeness (QED) is 0.290. The summed E-state index contributed by atoms with van der Waals surface area (Å²) in [6.07, 6.45) is 2.84. The lowest BCUT2D eigenvalue weighted by molar-refractivity contribution is -0.123. The first kappa shape index (κ1) is 24.5. The summed E-state index contributed by atoms with van der Waals surface area (Å²) < 4.78 is 5.74. The number of carbonyl (C=O) groups is 1. The number of amides is 1. The molecule has 1 amide bonds. The van der Waals surface area contributed by atoms with Gasteiger partial charge < -0.3 is 25.6 Å². The number of hydrogen-bond donors (Lipinski definition) is 4. The highest BCUT2D eigenvalue weighted by Crippen LogP contribution is 2.28. The summed E-state index contributed by atoms with van der Waals surface area (Å²) in [5.74, 6) is 2.57. The molecule has 4 N–H and O–H groups in total. The van der Waals surface area contributed by atoms with Gasteiger partial charge in [0.25, 0.3) is 5.91 Å². The molecule has 0 saturated carbocycles. The summed E-state index contributed by atoms with van der Waals surface area (Å²) in [5.41, 5.74) is 2.70. The zero-order valence-corrected chi connectivity index (χ0v) is 21.1. The van der Waals surface area contributed by atoms with E-state index in [1.165, 1.54) is 0 Å². The zero-order valence-electron chi connectivity index (χ0n) is 21.1. The SMILES string of the molecule is CC(C)NC(=O)COc1cccc(-c2nc(Nc3ccc4[nH]ncc4c3)cc(N3CCCNCC3)n2)c1. The molecule has 0 radical (unpaired) electrons. The third-order valence-electron chi connectivity index (χ3n) is 6.00. The van der Waals surface area contributed by atoms with Crippen molar-refractivity contribution in [3.8, 4) is 17.1 Å². The Kier molecular flexibility index (Phi) is 7.46. The van der Waals surface area contributed by atoms with Gasteiger partial charge in [-0.2, -0.15) is 5.10 Å². The molecule has 0 aliphatic carbocycles. The molecule has 1 saturated heterocycles. The van der Waals surface area contributed by atoms with Crippen LogP contribution in [0.15, 0.2) is 54.7 Å². The van der Waals surface area contributed by atoms with Gasteiger partial charge in [-0.1, -0.05) is 12.1 Å². The maximum absolute atomic E-state index is 12.0. The van der Waals surface area contributed by atoms with Crippen LogP contribution >= 0.6 is 0 Å². The molecule has 0 spiro atoms. The summed E-state index contributed by atoms with van der Waals surface area (Å²) in [6.45, 7) is 7.47. The number of nitrogens with zero attached hydrogens (tertiary/aromatic N) is 4. The van der Waals surface area contributed by atoms with Gasteiger partial charge in [-0.25, -0.2) is 9.97 Å². The Hall–Kier alpha value is -4.18. The summed E-state index contributed by atoms with van der Waals surface area (Å²) in [4.78, 5) is 24.1. The normalized spacial score (nSPS) is 14.0. The van der Waals surface area contributed by atoms with E-state index in [4.69, 9.17) is 14.7 Å². The van der Waals surface area contributed by atoms with Gasteiger partial charge in [0, 0.05) is 48.4 Å². The molecule has 0 bridgehead atoms. The Morgan fingerprint density at radius 1 is 1.11 bits per heavy atom. The number of H-pyrrole nitrogens is 1. The van der Waals surface area contributed by atoms with Crippen LogP contribution in [0.5, 0.6) is 5.75 Å². The number of nitrogens with one attached hydrogen (secondary N) is 4. The van der Waals surface area contributed by atoms with E-state index in [0.717, 1.165) is 60.6 Å². The fourth-order valence-corrected chi connectivity index (χ4v) is 4.27. The van der Waals surface area contributed by atoms with Crippen molar-refractivity contribution in [1.29, 1.82) is 0 Å². The predicted molar refractivity (Wildman–Crippen MR) is 145 cm³/mol. The van der Waals surface area contributed by atoms with Gasteiger partial charge in [-0.3, -0.25) is 9.89 Å². The summed E-state index contributed by atoms with van der Waals surface area (Å²) in [6, 6.07) is 15.6. The van der Waals surface area contributed by atoms with Gasteiger partial charge >= 0.3 is 0 Å². The van der Waals surface area contributed by atoms with Crippen LogP contribution in [-0.2, 0) is 4.79 Å². The number of benzene rings is 2. The smallest absolute Gasteiger partial charge is 0.258 e. The first-order chi connectivity index (χ1) is 18.0. The molecule has 192 valence electrons. The predicted octanol–water partition coefficient (Wildman–Crippen LogP) is 3.47. The molecule has 0 atom stereocenters. The van der Waals surface area contributed by atoms with Crippen molar-refractivity contribution in [1.82, 2.24) is 30.8 Å². The van der Waals surface area contributed by atoms with E-state index in [2.05, 4.69) is 31.0 Å². The molecular formula is C27H32N8O2. The Morgan fingerprint density at radius 3 is 2.92 bits per heavy atom. The average molecular weight is 501 g/mol. The maximum Gasteiger partial charge on any atom is 0.258 e. The Balaban J connectivity index is 1.44. The molecule has 1 aliphatic heterocycles. The zero-order chi connectivity index (χ0) is 25.6. The average Bonchev–Trinajstić information content (AvgIpc) is 3.18. The van der Waals surface area contributed by atoms with Crippen LogP contribution in [0, 0.1) is 0 Å². The number of aromatic amines is 1. The topological polar surface area (TPSA) is 120 Å². The van der Waals surface area contributed by atoms with Crippen molar-refractivity contribution < 1.29 is 9.53 Å². The van der Waals surface area contributed by atoms with E-state index in [0.29, 0.717) is 17.4 Å². The molecule has 1 fully saturated rings. The third-order valence-corrected chi connectivity index (χ3v) is 6.00. The van der Waals surface area contributed by atoms with Crippen LogP contribution in [0.4, 0.5) is 17.3 Å². The second-order valence-electron chi connectivity index (χ2n) is 9.36. The molecule has 0 unspecified atom stereocenters. The summed E-state index contributed by atoms with van der Waals surface area (Å²) >= 11 is 0. The van der Waals surface area contributed by atoms with Crippen LogP contribution in [0.25, 0.3) is 22.3 Å². The minimum Gasteiger partial charge on any atom is -0.484 e. The van der Waals surface area contributed by atoms with Gasteiger partial charge in [0.15, 0.2) is 12.4 Å². The molecule has 10 heteroatoms. The van der Waals surface area contributed by atoms with Crippen LogP contribution < -0.4 is 25.6 Å². The fourth-order valence-electron chi connectivity index (χ4n) is 4.27. The van der Waals surface area contributed by atoms with Crippen molar-refractivity contribution in [2.24, 2.45) is 0 Å². The summed E-state index contributed by atoms with van der Waals surface area (Å²) in [5, 5.41) is 17.8. The Morgan fingerprint density at radius 2 is 2.03 bits per heavy atom. The van der Waals surface area contributed by atoms with Crippen molar-refractivity contribution in [2.45, 2.75) is 26.3 Å². The molecule has 10 nitrogen and oxygen atoms in total. The lowest BCUT2D eigenvalue weighted by Crippen LogP contribution is -2.34. The van der Waals surface area contributed by atoms with E-state index in [1.807, 2.05) is 62.4 Å². The molecule has 3 heterocycles. The number of hydrogen-bond acceptors (Lipinski definition) is 8. The Labute approximate surface area is 215 Å². The van der Waals surface area contributed by atoms with Gasteiger partial charge in [-0.15, -0.1) is 0 Å². The van der Waals surface area contributed by atoms with Gasteiger partial charge in [0.2, 0.25) is 0 Å². The molecule has 5 rings (SSSR count). The second-order valence-corrected chi connectivity index (χ2v) is 9.36. The number of carbonyl (C=O) groups excluding carboxylic acids is 1. The highest BCUT2D eigenvalue weighted by atomic mass is 16.5. The van der Waals surface area contributed by atoms with E-state index >= 15 is 0 Å².